The van der Waals surface area contributed by atoms with E-state index in [0.29, 0.717) is 16.9 Å². The topological polar surface area (TPSA) is 84.2 Å². The van der Waals surface area contributed by atoms with Crippen LogP contribution in [0.4, 0.5) is 20.4 Å². The van der Waals surface area contributed by atoms with Crippen LogP contribution in [-0.2, 0) is 0 Å². The Bertz CT molecular complexity index is 1240. The van der Waals surface area contributed by atoms with E-state index in [1.54, 1.807) is 30.3 Å². The minimum Gasteiger partial charge on any atom is -0.347 e. The standard InChI is InChI=1S/C22H20F2N6O/c1-22(2,3)29-20(31)13-7-9-14(10-8-13)26-21-28-19(27-17-11-12-25-30(17)21)18-15(23)5-4-6-16(18)24/h4-12H,1-3H3,(H,29,31)(H,26,27,28). The van der Waals surface area contributed by atoms with Gasteiger partial charge >= 0.3 is 0 Å². The zero-order chi connectivity index (χ0) is 22.2. The Kier molecular flexibility index (Phi) is 5.10. The number of fused-ring (bicyclic) bond motifs is 1. The van der Waals surface area contributed by atoms with Crippen molar-refractivity contribution in [3.8, 4) is 11.4 Å². The number of hydrogen-bond donors (Lipinski definition) is 2. The molecule has 0 atom stereocenters. The largest absolute Gasteiger partial charge is 0.347 e. The summed E-state index contributed by atoms with van der Waals surface area (Å²) in [4.78, 5) is 20.8. The summed E-state index contributed by atoms with van der Waals surface area (Å²) >= 11 is 0. The average Bonchev–Trinajstić information content (AvgIpc) is 3.16. The van der Waals surface area contributed by atoms with Crippen molar-refractivity contribution in [2.45, 2.75) is 26.3 Å². The number of anilines is 2. The third kappa shape index (κ3) is 4.35. The molecule has 0 aliphatic carbocycles. The molecular weight excluding hydrogens is 402 g/mol. The van der Waals surface area contributed by atoms with Crippen molar-refractivity contribution in [1.82, 2.24) is 24.9 Å². The first-order chi connectivity index (χ1) is 14.7. The highest BCUT2D eigenvalue weighted by atomic mass is 19.1. The minimum atomic E-state index is -0.760. The molecule has 0 aliphatic heterocycles. The molecule has 4 rings (SSSR count). The SMILES string of the molecule is CC(C)(C)NC(=O)c1ccc(Nc2nc(-c3c(F)cccc3F)nc3ccnn23)cc1. The van der Waals surface area contributed by atoms with Crippen LogP contribution in [0.5, 0.6) is 0 Å². The lowest BCUT2D eigenvalue weighted by molar-refractivity contribution is 0.0919. The second-order valence-electron chi connectivity index (χ2n) is 7.98. The number of amides is 1. The third-order valence-electron chi connectivity index (χ3n) is 4.33. The molecule has 7 nitrogen and oxygen atoms in total. The maximum absolute atomic E-state index is 14.3. The molecule has 2 N–H and O–H groups in total. The average molecular weight is 422 g/mol. The van der Waals surface area contributed by atoms with E-state index in [1.807, 2.05) is 20.8 Å². The Morgan fingerprint density at radius 3 is 2.29 bits per heavy atom. The highest BCUT2D eigenvalue weighted by Gasteiger charge is 2.18. The maximum Gasteiger partial charge on any atom is 0.251 e. The lowest BCUT2D eigenvalue weighted by atomic mass is 10.1. The van der Waals surface area contributed by atoms with Crippen LogP contribution in [0.25, 0.3) is 17.0 Å². The molecular formula is C22H20F2N6O. The maximum atomic E-state index is 14.3. The number of aromatic nitrogens is 4. The molecule has 2 heterocycles. The van der Waals surface area contributed by atoms with Gasteiger partial charge in [0.05, 0.1) is 11.8 Å². The number of carbonyl (C=O) groups is 1. The summed E-state index contributed by atoms with van der Waals surface area (Å²) in [5, 5.41) is 10.1. The van der Waals surface area contributed by atoms with Crippen molar-refractivity contribution in [3.05, 3.63) is 71.9 Å². The summed E-state index contributed by atoms with van der Waals surface area (Å²) in [7, 11) is 0. The van der Waals surface area contributed by atoms with Gasteiger partial charge in [0.1, 0.15) is 11.6 Å². The number of nitrogens with zero attached hydrogens (tertiary/aromatic N) is 4. The molecule has 0 bridgehead atoms. The van der Waals surface area contributed by atoms with Gasteiger partial charge in [0.2, 0.25) is 5.95 Å². The van der Waals surface area contributed by atoms with Crippen LogP contribution in [-0.4, -0.2) is 31.0 Å². The van der Waals surface area contributed by atoms with Crippen molar-refractivity contribution < 1.29 is 13.6 Å². The summed E-state index contributed by atoms with van der Waals surface area (Å²) in [6.45, 7) is 5.71. The molecule has 2 aromatic heterocycles. The fraction of sp³-hybridized carbons (Fsp3) is 0.182. The van der Waals surface area contributed by atoms with Crippen molar-refractivity contribution in [2.24, 2.45) is 0 Å². The summed E-state index contributed by atoms with van der Waals surface area (Å²) in [6.07, 6.45) is 1.51. The molecule has 0 radical (unpaired) electrons. The predicted octanol–water partition coefficient (Wildman–Crippen LogP) is 4.34. The number of hydrogen-bond acceptors (Lipinski definition) is 5. The molecule has 0 spiro atoms. The van der Waals surface area contributed by atoms with Gasteiger partial charge in [0.25, 0.3) is 5.91 Å². The first-order valence-electron chi connectivity index (χ1n) is 9.57. The molecule has 9 heteroatoms. The van der Waals surface area contributed by atoms with Crippen molar-refractivity contribution in [1.29, 1.82) is 0 Å². The van der Waals surface area contributed by atoms with Gasteiger partial charge in [-0.25, -0.2) is 13.8 Å². The number of rotatable bonds is 4. The molecule has 2 aromatic carbocycles. The Labute approximate surface area is 177 Å². The Morgan fingerprint density at radius 2 is 1.65 bits per heavy atom. The Hall–Kier alpha value is -3.88. The smallest absolute Gasteiger partial charge is 0.251 e. The van der Waals surface area contributed by atoms with Crippen LogP contribution in [0.2, 0.25) is 0 Å². The van der Waals surface area contributed by atoms with E-state index < -0.39 is 11.6 Å². The predicted molar refractivity (Wildman–Crippen MR) is 113 cm³/mol. The number of benzene rings is 2. The Balaban J connectivity index is 1.67. The van der Waals surface area contributed by atoms with Gasteiger partial charge < -0.3 is 10.6 Å². The Morgan fingerprint density at radius 1 is 0.968 bits per heavy atom. The van der Waals surface area contributed by atoms with E-state index >= 15 is 0 Å². The highest BCUT2D eigenvalue weighted by Crippen LogP contribution is 2.25. The summed E-state index contributed by atoms with van der Waals surface area (Å²) in [6, 6.07) is 11.9. The first kappa shape index (κ1) is 20.4. The number of carbonyl (C=O) groups excluding carboxylic acids is 1. The molecule has 158 valence electrons. The zero-order valence-corrected chi connectivity index (χ0v) is 17.1. The third-order valence-corrected chi connectivity index (χ3v) is 4.33. The minimum absolute atomic E-state index is 0.104. The van der Waals surface area contributed by atoms with Crippen LogP contribution < -0.4 is 10.6 Å². The number of nitrogens with one attached hydrogen (secondary N) is 2. The van der Waals surface area contributed by atoms with E-state index in [9.17, 15) is 13.6 Å². The fourth-order valence-corrected chi connectivity index (χ4v) is 2.98. The van der Waals surface area contributed by atoms with E-state index in [1.165, 1.54) is 16.8 Å². The molecule has 0 fully saturated rings. The van der Waals surface area contributed by atoms with Gasteiger partial charge in [0, 0.05) is 22.9 Å². The number of halogens is 2. The van der Waals surface area contributed by atoms with Crippen LogP contribution in [0, 0.1) is 11.6 Å². The van der Waals surface area contributed by atoms with Gasteiger partial charge in [-0.1, -0.05) is 6.07 Å². The highest BCUT2D eigenvalue weighted by molar-refractivity contribution is 5.95. The second-order valence-corrected chi connectivity index (χ2v) is 7.98. The van der Waals surface area contributed by atoms with Crippen molar-refractivity contribution >= 4 is 23.2 Å². The summed E-state index contributed by atoms with van der Waals surface area (Å²) in [5.74, 6) is -1.59. The zero-order valence-electron chi connectivity index (χ0n) is 17.1. The molecule has 1 amide bonds. The monoisotopic (exact) mass is 422 g/mol. The molecule has 0 saturated carbocycles. The van der Waals surface area contributed by atoms with Gasteiger partial charge in [-0.3, -0.25) is 4.79 Å². The fourth-order valence-electron chi connectivity index (χ4n) is 2.98. The molecule has 0 aliphatic rings. The van der Waals surface area contributed by atoms with Gasteiger partial charge in [0.15, 0.2) is 11.5 Å². The van der Waals surface area contributed by atoms with E-state index in [-0.39, 0.29) is 28.8 Å². The van der Waals surface area contributed by atoms with E-state index in [4.69, 9.17) is 0 Å². The van der Waals surface area contributed by atoms with Gasteiger partial charge in [-0.05, 0) is 57.2 Å². The molecule has 0 saturated heterocycles. The van der Waals surface area contributed by atoms with E-state index in [2.05, 4.69) is 25.7 Å². The molecule has 31 heavy (non-hydrogen) atoms. The van der Waals surface area contributed by atoms with E-state index in [0.717, 1.165) is 12.1 Å². The van der Waals surface area contributed by atoms with Crippen LogP contribution in [0.1, 0.15) is 31.1 Å². The first-order valence-corrected chi connectivity index (χ1v) is 9.57. The molecule has 4 aromatic rings. The second kappa shape index (κ2) is 7.75. The van der Waals surface area contributed by atoms with Crippen molar-refractivity contribution in [3.63, 3.8) is 0 Å². The van der Waals surface area contributed by atoms with Gasteiger partial charge in [-0.2, -0.15) is 14.6 Å². The lowest BCUT2D eigenvalue weighted by Crippen LogP contribution is -2.40. The summed E-state index contributed by atoms with van der Waals surface area (Å²) in [5.41, 5.74) is 0.822. The van der Waals surface area contributed by atoms with Crippen molar-refractivity contribution in [2.75, 3.05) is 5.32 Å². The van der Waals surface area contributed by atoms with Crippen LogP contribution in [0.15, 0.2) is 54.7 Å². The van der Waals surface area contributed by atoms with Crippen LogP contribution >= 0.6 is 0 Å². The lowest BCUT2D eigenvalue weighted by Gasteiger charge is -2.20. The van der Waals surface area contributed by atoms with Gasteiger partial charge in [-0.15, -0.1) is 0 Å². The summed E-state index contributed by atoms with van der Waals surface area (Å²) < 4.78 is 29.9. The quantitative estimate of drug-likeness (QED) is 0.511. The normalized spacial score (nSPS) is 11.5. The molecule has 0 unspecified atom stereocenters. The van der Waals surface area contributed by atoms with Crippen LogP contribution in [0.3, 0.4) is 0 Å².